The van der Waals surface area contributed by atoms with Gasteiger partial charge in [0.1, 0.15) is 18.4 Å². The first-order valence-corrected chi connectivity index (χ1v) is 11.8. The number of alkyl halides is 3. The third-order valence-electron chi connectivity index (χ3n) is 4.60. The van der Waals surface area contributed by atoms with E-state index < -0.39 is 38.7 Å². The summed E-state index contributed by atoms with van der Waals surface area (Å²) < 4.78 is 70.5. The Morgan fingerprint density at radius 3 is 2.44 bits per heavy atom. The van der Waals surface area contributed by atoms with E-state index in [4.69, 9.17) is 16.3 Å². The third kappa shape index (κ3) is 6.52. The molecule has 0 saturated carbocycles. The topological polar surface area (TPSA) is 75.7 Å². The molecule has 0 spiro atoms. The molecule has 0 aliphatic carbocycles. The first-order chi connectivity index (χ1) is 14.7. The SMILES string of the molecule is Cc1ccc(C)c(OCCNC(=O)C(C)N(c2ccc(Cl)c(C(F)(F)F)c2)S(C)(=O)=O)c1. The smallest absolute Gasteiger partial charge is 0.417 e. The van der Waals surface area contributed by atoms with Crippen LogP contribution in [0.2, 0.25) is 5.02 Å². The second-order valence-corrected chi connectivity index (χ2v) is 9.57. The predicted molar refractivity (Wildman–Crippen MR) is 118 cm³/mol. The van der Waals surface area contributed by atoms with Gasteiger partial charge in [0.2, 0.25) is 15.9 Å². The average Bonchev–Trinajstić information content (AvgIpc) is 2.67. The first-order valence-electron chi connectivity index (χ1n) is 9.55. The van der Waals surface area contributed by atoms with Gasteiger partial charge in [-0.2, -0.15) is 13.2 Å². The highest BCUT2D eigenvalue weighted by Gasteiger charge is 2.36. The van der Waals surface area contributed by atoms with Crippen LogP contribution in [0.15, 0.2) is 36.4 Å². The number of ether oxygens (including phenoxy) is 1. The fraction of sp³-hybridized carbons (Fsp3) is 0.381. The van der Waals surface area contributed by atoms with Crippen LogP contribution in [0.4, 0.5) is 18.9 Å². The van der Waals surface area contributed by atoms with Gasteiger partial charge in [0, 0.05) is 0 Å². The minimum atomic E-state index is -4.78. The second-order valence-electron chi connectivity index (χ2n) is 7.31. The molecular formula is C21H24ClF3N2O4S. The third-order valence-corrected chi connectivity index (χ3v) is 6.17. The van der Waals surface area contributed by atoms with Crippen LogP contribution in [0.25, 0.3) is 0 Å². The van der Waals surface area contributed by atoms with Crippen molar-refractivity contribution in [3.8, 4) is 5.75 Å². The summed E-state index contributed by atoms with van der Waals surface area (Å²) in [6.07, 6.45) is -3.98. The van der Waals surface area contributed by atoms with Crippen molar-refractivity contribution in [2.75, 3.05) is 23.7 Å². The number of nitrogens with zero attached hydrogens (tertiary/aromatic N) is 1. The number of carbonyl (C=O) groups excluding carboxylic acids is 1. The molecule has 1 atom stereocenters. The lowest BCUT2D eigenvalue weighted by Gasteiger charge is -2.29. The summed E-state index contributed by atoms with van der Waals surface area (Å²) in [6, 6.07) is 7.05. The van der Waals surface area contributed by atoms with Gasteiger partial charge >= 0.3 is 6.18 Å². The molecule has 0 fully saturated rings. The molecule has 1 N–H and O–H groups in total. The summed E-state index contributed by atoms with van der Waals surface area (Å²) >= 11 is 5.62. The van der Waals surface area contributed by atoms with Crippen LogP contribution in [0, 0.1) is 13.8 Å². The zero-order chi connectivity index (χ0) is 24.3. The Morgan fingerprint density at radius 1 is 1.19 bits per heavy atom. The predicted octanol–water partition coefficient (Wildman–Crippen LogP) is 4.33. The van der Waals surface area contributed by atoms with Crippen molar-refractivity contribution in [2.24, 2.45) is 0 Å². The molecule has 0 heterocycles. The number of aryl methyl sites for hydroxylation is 2. The summed E-state index contributed by atoms with van der Waals surface area (Å²) in [6.45, 7) is 5.27. The molecule has 0 saturated heterocycles. The quantitative estimate of drug-likeness (QED) is 0.557. The Morgan fingerprint density at radius 2 is 1.84 bits per heavy atom. The van der Waals surface area contributed by atoms with E-state index in [-0.39, 0.29) is 18.8 Å². The lowest BCUT2D eigenvalue weighted by atomic mass is 10.1. The van der Waals surface area contributed by atoms with Gasteiger partial charge in [-0.3, -0.25) is 9.10 Å². The standard InChI is InChI=1S/C21H24ClF3N2O4S/c1-13-5-6-14(2)19(11-13)31-10-9-26-20(28)15(3)27(32(4,29)30)16-7-8-18(22)17(12-16)21(23,24)25/h5-8,11-12,15H,9-10H2,1-4H3,(H,26,28). The number of hydrogen-bond donors (Lipinski definition) is 1. The van der Waals surface area contributed by atoms with Crippen molar-refractivity contribution in [1.29, 1.82) is 0 Å². The van der Waals surface area contributed by atoms with Crippen molar-refractivity contribution in [1.82, 2.24) is 5.32 Å². The van der Waals surface area contributed by atoms with E-state index >= 15 is 0 Å². The van der Waals surface area contributed by atoms with Crippen LogP contribution in [-0.2, 0) is 21.0 Å². The van der Waals surface area contributed by atoms with Crippen LogP contribution >= 0.6 is 11.6 Å². The largest absolute Gasteiger partial charge is 0.491 e. The highest BCUT2D eigenvalue weighted by molar-refractivity contribution is 7.92. The zero-order valence-electron chi connectivity index (χ0n) is 18.0. The maximum Gasteiger partial charge on any atom is 0.417 e. The van der Waals surface area contributed by atoms with E-state index in [9.17, 15) is 26.4 Å². The molecule has 1 unspecified atom stereocenters. The van der Waals surface area contributed by atoms with Gasteiger partial charge in [-0.1, -0.05) is 23.7 Å². The Hall–Kier alpha value is -2.46. The lowest BCUT2D eigenvalue weighted by molar-refractivity contribution is -0.137. The van der Waals surface area contributed by atoms with Gasteiger partial charge in [-0.05, 0) is 56.2 Å². The number of rotatable bonds is 8. The van der Waals surface area contributed by atoms with E-state index in [0.29, 0.717) is 16.1 Å². The van der Waals surface area contributed by atoms with Crippen LogP contribution in [-0.4, -0.2) is 39.8 Å². The van der Waals surface area contributed by atoms with Gasteiger partial charge < -0.3 is 10.1 Å². The molecule has 32 heavy (non-hydrogen) atoms. The van der Waals surface area contributed by atoms with Crippen molar-refractivity contribution < 1.29 is 31.1 Å². The van der Waals surface area contributed by atoms with E-state index in [2.05, 4.69) is 5.32 Å². The number of sulfonamides is 1. The van der Waals surface area contributed by atoms with Crippen molar-refractivity contribution >= 4 is 33.2 Å². The van der Waals surface area contributed by atoms with Gasteiger partial charge in [0.25, 0.3) is 0 Å². The van der Waals surface area contributed by atoms with Crippen LogP contribution in [0.5, 0.6) is 5.75 Å². The highest BCUT2D eigenvalue weighted by atomic mass is 35.5. The fourth-order valence-electron chi connectivity index (χ4n) is 3.02. The van der Waals surface area contributed by atoms with Crippen LogP contribution in [0.1, 0.15) is 23.6 Å². The van der Waals surface area contributed by atoms with E-state index in [1.54, 1.807) is 0 Å². The number of halogens is 4. The lowest BCUT2D eigenvalue weighted by Crippen LogP contribution is -2.48. The Balaban J connectivity index is 2.14. The molecule has 2 aromatic carbocycles. The number of carbonyl (C=O) groups is 1. The Labute approximate surface area is 190 Å². The summed E-state index contributed by atoms with van der Waals surface area (Å²) in [4.78, 5) is 12.6. The molecule has 0 bridgehead atoms. The Bertz CT molecular complexity index is 1090. The summed E-state index contributed by atoms with van der Waals surface area (Å²) in [5.74, 6) is -0.0330. The average molecular weight is 493 g/mol. The molecule has 176 valence electrons. The minimum Gasteiger partial charge on any atom is -0.491 e. The number of nitrogens with one attached hydrogen (secondary N) is 1. The summed E-state index contributed by atoms with van der Waals surface area (Å²) in [5.41, 5.74) is 0.411. The number of anilines is 1. The molecule has 0 aromatic heterocycles. The van der Waals surface area contributed by atoms with Crippen molar-refractivity contribution in [3.05, 3.63) is 58.1 Å². The molecule has 2 rings (SSSR count). The minimum absolute atomic E-state index is 0.0720. The molecule has 0 radical (unpaired) electrons. The number of hydrogen-bond acceptors (Lipinski definition) is 4. The van der Waals surface area contributed by atoms with Gasteiger partial charge in [0.15, 0.2) is 0 Å². The van der Waals surface area contributed by atoms with E-state index in [0.717, 1.165) is 29.5 Å². The molecule has 0 aliphatic heterocycles. The van der Waals surface area contributed by atoms with Gasteiger partial charge in [-0.25, -0.2) is 8.42 Å². The molecular weight excluding hydrogens is 469 g/mol. The maximum absolute atomic E-state index is 13.2. The molecule has 11 heteroatoms. The van der Waals surface area contributed by atoms with Crippen molar-refractivity contribution in [3.63, 3.8) is 0 Å². The van der Waals surface area contributed by atoms with Gasteiger partial charge in [0.05, 0.1) is 29.1 Å². The maximum atomic E-state index is 13.2. The number of benzene rings is 2. The summed E-state index contributed by atoms with van der Waals surface area (Å²) in [7, 11) is -4.09. The second kappa shape index (κ2) is 9.99. The molecule has 0 aliphatic rings. The van der Waals surface area contributed by atoms with Crippen LogP contribution < -0.4 is 14.4 Å². The monoisotopic (exact) mass is 492 g/mol. The highest BCUT2D eigenvalue weighted by Crippen LogP contribution is 2.37. The fourth-order valence-corrected chi connectivity index (χ4v) is 4.41. The van der Waals surface area contributed by atoms with E-state index in [1.165, 1.54) is 6.92 Å². The first kappa shape index (κ1) is 25.8. The summed E-state index contributed by atoms with van der Waals surface area (Å²) in [5, 5.41) is 1.97. The number of amides is 1. The molecule has 2 aromatic rings. The van der Waals surface area contributed by atoms with Crippen LogP contribution in [0.3, 0.4) is 0 Å². The van der Waals surface area contributed by atoms with Gasteiger partial charge in [-0.15, -0.1) is 0 Å². The zero-order valence-corrected chi connectivity index (χ0v) is 19.5. The Kier molecular flexibility index (Phi) is 8.06. The molecule has 1 amide bonds. The van der Waals surface area contributed by atoms with E-state index in [1.807, 2.05) is 32.0 Å². The molecule has 6 nitrogen and oxygen atoms in total. The van der Waals surface area contributed by atoms with Crippen molar-refractivity contribution in [2.45, 2.75) is 33.0 Å². The normalized spacial score (nSPS) is 12.9.